The molecule has 0 fully saturated rings. The number of nitrogens with one attached hydrogen (secondary N) is 1. The number of hydrogen-bond donors (Lipinski definition) is 1. The quantitative estimate of drug-likeness (QED) is 0.587. The fraction of sp³-hybridized carbons (Fsp3) is 0.130. The average molecular weight is 355 g/mol. The minimum atomic E-state index is -0.227. The molecule has 0 aliphatic rings. The zero-order chi connectivity index (χ0) is 18.8. The molecule has 0 saturated carbocycles. The number of fused-ring (bicyclic) bond motifs is 1. The molecule has 1 N–H and O–H groups in total. The van der Waals surface area contributed by atoms with Gasteiger partial charge in [-0.3, -0.25) is 9.20 Å². The summed E-state index contributed by atoms with van der Waals surface area (Å²) in [6.07, 6.45) is 1.90. The van der Waals surface area contributed by atoms with Gasteiger partial charge >= 0.3 is 0 Å². The Morgan fingerprint density at radius 1 is 0.926 bits per heavy atom. The van der Waals surface area contributed by atoms with Crippen molar-refractivity contribution in [2.75, 3.05) is 0 Å². The van der Waals surface area contributed by atoms with E-state index in [1.165, 1.54) is 0 Å². The Labute approximate surface area is 158 Å². The second-order valence-corrected chi connectivity index (χ2v) is 6.71. The summed E-state index contributed by atoms with van der Waals surface area (Å²) in [5, 5.41) is 3.20. The van der Waals surface area contributed by atoms with Crippen LogP contribution < -0.4 is 5.32 Å². The van der Waals surface area contributed by atoms with E-state index in [1.807, 2.05) is 97.2 Å². The van der Waals surface area contributed by atoms with E-state index in [1.54, 1.807) is 0 Å². The molecule has 0 saturated heterocycles. The Hall–Kier alpha value is -3.40. The molecule has 1 amide bonds. The summed E-state index contributed by atoms with van der Waals surface area (Å²) in [5.74, 6) is -0.137. The van der Waals surface area contributed by atoms with E-state index in [4.69, 9.17) is 0 Å². The van der Waals surface area contributed by atoms with Crippen molar-refractivity contribution >= 4 is 11.6 Å². The third-order valence-corrected chi connectivity index (χ3v) is 4.71. The molecule has 0 atom stereocenters. The van der Waals surface area contributed by atoms with Gasteiger partial charge in [0.25, 0.3) is 5.91 Å². The second-order valence-electron chi connectivity index (χ2n) is 6.71. The number of aromatic nitrogens is 2. The third kappa shape index (κ3) is 3.34. The third-order valence-electron chi connectivity index (χ3n) is 4.71. The van der Waals surface area contributed by atoms with Gasteiger partial charge in [0.05, 0.1) is 11.7 Å². The van der Waals surface area contributed by atoms with E-state index in [2.05, 4.69) is 10.3 Å². The summed E-state index contributed by atoms with van der Waals surface area (Å²) in [4.78, 5) is 17.8. The first-order valence-electron chi connectivity index (χ1n) is 8.99. The van der Waals surface area contributed by atoms with Crippen molar-refractivity contribution in [3.8, 4) is 0 Å². The highest BCUT2D eigenvalue weighted by atomic mass is 16.2. The van der Waals surface area contributed by atoms with Gasteiger partial charge in [0.1, 0.15) is 11.3 Å². The van der Waals surface area contributed by atoms with Crippen molar-refractivity contribution in [2.24, 2.45) is 0 Å². The molecule has 4 nitrogen and oxygen atoms in total. The standard InChI is InChI=1S/C23H21N3O/c1-16-13-14-26-20(15-16)24-17(2)22(26)23(27)25-21(18-9-5-3-6-10-18)19-11-7-4-8-12-19/h3-15,21H,1-2H3,(H,25,27). The number of amides is 1. The fourth-order valence-corrected chi connectivity index (χ4v) is 3.39. The maximum Gasteiger partial charge on any atom is 0.270 e. The van der Waals surface area contributed by atoms with Crippen molar-refractivity contribution in [2.45, 2.75) is 19.9 Å². The summed E-state index contributed by atoms with van der Waals surface area (Å²) in [5.41, 5.74) is 5.28. The van der Waals surface area contributed by atoms with E-state index in [0.717, 1.165) is 28.0 Å². The number of nitrogens with zero attached hydrogens (tertiary/aromatic N) is 2. The topological polar surface area (TPSA) is 46.4 Å². The zero-order valence-corrected chi connectivity index (χ0v) is 15.4. The van der Waals surface area contributed by atoms with E-state index < -0.39 is 0 Å². The van der Waals surface area contributed by atoms with Crippen molar-refractivity contribution in [3.63, 3.8) is 0 Å². The highest BCUT2D eigenvalue weighted by molar-refractivity contribution is 5.95. The van der Waals surface area contributed by atoms with Crippen molar-refractivity contribution < 1.29 is 4.79 Å². The minimum Gasteiger partial charge on any atom is -0.340 e. The molecule has 0 spiro atoms. The highest BCUT2D eigenvalue weighted by Gasteiger charge is 2.22. The molecule has 0 unspecified atom stereocenters. The Bertz CT molecular complexity index is 1050. The number of rotatable bonds is 4. The monoisotopic (exact) mass is 355 g/mol. The smallest absolute Gasteiger partial charge is 0.270 e. The first kappa shape index (κ1) is 17.0. The maximum absolute atomic E-state index is 13.2. The maximum atomic E-state index is 13.2. The van der Waals surface area contributed by atoms with E-state index in [0.29, 0.717) is 5.69 Å². The number of aryl methyl sites for hydroxylation is 2. The van der Waals surface area contributed by atoms with Crippen LogP contribution in [0.5, 0.6) is 0 Å². The van der Waals surface area contributed by atoms with Crippen LogP contribution >= 0.6 is 0 Å². The normalized spacial score (nSPS) is 11.1. The van der Waals surface area contributed by atoms with Gasteiger partial charge in [0.2, 0.25) is 0 Å². The molecule has 0 aliphatic heterocycles. The van der Waals surface area contributed by atoms with Crippen LogP contribution in [0.25, 0.3) is 5.65 Å². The summed E-state index contributed by atoms with van der Waals surface area (Å²) < 4.78 is 1.85. The van der Waals surface area contributed by atoms with E-state index >= 15 is 0 Å². The van der Waals surface area contributed by atoms with E-state index in [-0.39, 0.29) is 11.9 Å². The molecule has 0 aliphatic carbocycles. The van der Waals surface area contributed by atoms with Gasteiger partial charge in [-0.15, -0.1) is 0 Å². The van der Waals surface area contributed by atoms with Crippen LogP contribution in [0.2, 0.25) is 0 Å². The number of carbonyl (C=O) groups excluding carboxylic acids is 1. The molecule has 4 rings (SSSR count). The van der Waals surface area contributed by atoms with Crippen molar-refractivity contribution in [1.82, 2.24) is 14.7 Å². The van der Waals surface area contributed by atoms with Gasteiger partial charge in [-0.25, -0.2) is 4.98 Å². The van der Waals surface area contributed by atoms with Gasteiger partial charge in [-0.1, -0.05) is 60.7 Å². The summed E-state index contributed by atoms with van der Waals surface area (Å²) in [6.45, 7) is 3.89. The van der Waals surface area contributed by atoms with Crippen LogP contribution in [0, 0.1) is 13.8 Å². The lowest BCUT2D eigenvalue weighted by Crippen LogP contribution is -2.30. The molecule has 27 heavy (non-hydrogen) atoms. The van der Waals surface area contributed by atoms with Crippen LogP contribution in [0.1, 0.15) is 38.9 Å². The first-order valence-corrected chi connectivity index (χ1v) is 8.99. The Morgan fingerprint density at radius 3 is 2.11 bits per heavy atom. The lowest BCUT2D eigenvalue weighted by Gasteiger charge is -2.20. The minimum absolute atomic E-state index is 0.137. The molecule has 4 aromatic rings. The largest absolute Gasteiger partial charge is 0.340 e. The Kier molecular flexibility index (Phi) is 4.47. The zero-order valence-electron chi connectivity index (χ0n) is 15.4. The van der Waals surface area contributed by atoms with Crippen LogP contribution in [0.4, 0.5) is 0 Å². The van der Waals surface area contributed by atoms with Crippen molar-refractivity contribution in [3.05, 3.63) is 107 Å². The fourth-order valence-electron chi connectivity index (χ4n) is 3.39. The summed E-state index contributed by atoms with van der Waals surface area (Å²) in [6, 6.07) is 23.8. The van der Waals surface area contributed by atoms with E-state index in [9.17, 15) is 4.79 Å². The van der Waals surface area contributed by atoms with Gasteiger partial charge in [-0.2, -0.15) is 0 Å². The SMILES string of the molecule is Cc1ccn2c(C(=O)NC(c3ccccc3)c3ccccc3)c(C)nc2c1. The number of imidazole rings is 1. The average Bonchev–Trinajstić information content (AvgIpc) is 3.02. The Morgan fingerprint density at radius 2 is 1.52 bits per heavy atom. The first-order chi connectivity index (χ1) is 13.1. The molecular weight excluding hydrogens is 334 g/mol. The molecule has 0 bridgehead atoms. The number of hydrogen-bond acceptors (Lipinski definition) is 2. The predicted molar refractivity (Wildman–Crippen MR) is 107 cm³/mol. The lowest BCUT2D eigenvalue weighted by molar-refractivity contribution is 0.0936. The van der Waals surface area contributed by atoms with Gasteiger partial charge in [0, 0.05) is 6.20 Å². The van der Waals surface area contributed by atoms with Crippen LogP contribution in [0.15, 0.2) is 79.0 Å². The molecule has 134 valence electrons. The lowest BCUT2D eigenvalue weighted by atomic mass is 9.98. The molecule has 2 aromatic heterocycles. The molecule has 4 heteroatoms. The molecule has 2 heterocycles. The van der Waals surface area contributed by atoms with Gasteiger partial charge in [-0.05, 0) is 42.7 Å². The molecule has 0 radical (unpaired) electrons. The highest BCUT2D eigenvalue weighted by Crippen LogP contribution is 2.23. The summed E-state index contributed by atoms with van der Waals surface area (Å²) >= 11 is 0. The Balaban J connectivity index is 1.74. The van der Waals surface area contributed by atoms with Crippen molar-refractivity contribution in [1.29, 1.82) is 0 Å². The molecule has 2 aromatic carbocycles. The predicted octanol–water partition coefficient (Wildman–Crippen LogP) is 4.47. The van der Waals surface area contributed by atoms with Gasteiger partial charge in [0.15, 0.2) is 0 Å². The van der Waals surface area contributed by atoms with Crippen LogP contribution in [-0.2, 0) is 0 Å². The number of carbonyl (C=O) groups is 1. The van der Waals surface area contributed by atoms with Crippen LogP contribution in [-0.4, -0.2) is 15.3 Å². The second kappa shape index (κ2) is 7.08. The number of benzene rings is 2. The van der Waals surface area contributed by atoms with Crippen LogP contribution in [0.3, 0.4) is 0 Å². The summed E-state index contributed by atoms with van der Waals surface area (Å²) in [7, 11) is 0. The van der Waals surface area contributed by atoms with Gasteiger partial charge < -0.3 is 5.32 Å². The number of pyridine rings is 1. The molecular formula is C23H21N3O.